The first kappa shape index (κ1) is 12.1. The summed E-state index contributed by atoms with van der Waals surface area (Å²) in [4.78, 5) is 0. The molecule has 1 N–H and O–H groups in total. The van der Waals surface area contributed by atoms with Crippen LogP contribution in [0.3, 0.4) is 0 Å². The average Bonchev–Trinajstić information content (AvgIpc) is 2.36. The van der Waals surface area contributed by atoms with Crippen LogP contribution in [-0.2, 0) is 6.61 Å². The first-order valence-corrected chi connectivity index (χ1v) is 5.78. The lowest BCUT2D eigenvalue weighted by atomic mass is 10.2. The Morgan fingerprint density at radius 1 is 1.00 bits per heavy atom. The minimum Gasteiger partial charge on any atom is -0.503 e. The Balaban J connectivity index is 2.13. The van der Waals surface area contributed by atoms with Crippen LogP contribution in [0, 0.1) is 0 Å². The van der Waals surface area contributed by atoms with Crippen LogP contribution >= 0.6 is 23.2 Å². The number of ether oxygens (including phenoxy) is 1. The summed E-state index contributed by atoms with van der Waals surface area (Å²) < 4.78 is 5.47. The molecule has 88 valence electrons. The van der Waals surface area contributed by atoms with E-state index in [1.165, 1.54) is 0 Å². The minimum atomic E-state index is -0.130. The van der Waals surface area contributed by atoms with Crippen molar-refractivity contribution >= 4 is 23.2 Å². The smallest absolute Gasteiger partial charge is 0.178 e. The van der Waals surface area contributed by atoms with E-state index in [9.17, 15) is 5.11 Å². The molecule has 2 aromatic rings. The molecule has 4 heteroatoms. The highest BCUT2D eigenvalue weighted by molar-refractivity contribution is 6.43. The molecule has 0 spiro atoms. The highest BCUT2D eigenvalue weighted by Gasteiger charge is 2.10. The van der Waals surface area contributed by atoms with E-state index in [1.54, 1.807) is 12.1 Å². The van der Waals surface area contributed by atoms with E-state index in [4.69, 9.17) is 27.9 Å². The molecule has 0 saturated heterocycles. The first-order chi connectivity index (χ1) is 8.18. The molecule has 0 aromatic heterocycles. The molecular formula is C13H10Cl2O2. The van der Waals surface area contributed by atoms with Crippen LogP contribution < -0.4 is 4.74 Å². The Morgan fingerprint density at radius 3 is 2.41 bits per heavy atom. The van der Waals surface area contributed by atoms with Gasteiger partial charge >= 0.3 is 0 Å². The molecule has 17 heavy (non-hydrogen) atoms. The van der Waals surface area contributed by atoms with Crippen molar-refractivity contribution in [3.63, 3.8) is 0 Å². The third-order valence-electron chi connectivity index (χ3n) is 2.27. The Labute approximate surface area is 109 Å². The summed E-state index contributed by atoms with van der Waals surface area (Å²) in [7, 11) is 0. The van der Waals surface area contributed by atoms with Crippen LogP contribution in [0.2, 0.25) is 10.0 Å². The molecule has 0 aliphatic carbocycles. The molecule has 0 bridgehead atoms. The van der Waals surface area contributed by atoms with Crippen LogP contribution in [-0.4, -0.2) is 5.11 Å². The molecule has 0 aliphatic heterocycles. The maximum Gasteiger partial charge on any atom is 0.178 e. The number of hydrogen-bond donors (Lipinski definition) is 1. The summed E-state index contributed by atoms with van der Waals surface area (Å²) >= 11 is 11.6. The molecule has 0 heterocycles. The highest BCUT2D eigenvalue weighted by atomic mass is 35.5. The number of hydrogen-bond acceptors (Lipinski definition) is 2. The predicted octanol–water partition coefficient (Wildman–Crippen LogP) is 4.28. The van der Waals surface area contributed by atoms with Gasteiger partial charge in [-0.2, -0.15) is 0 Å². The van der Waals surface area contributed by atoms with Crippen molar-refractivity contribution in [3.05, 3.63) is 58.1 Å². The third-order valence-corrected chi connectivity index (χ3v) is 3.06. The lowest BCUT2D eigenvalue weighted by Crippen LogP contribution is -1.95. The van der Waals surface area contributed by atoms with E-state index < -0.39 is 0 Å². The summed E-state index contributed by atoms with van der Waals surface area (Å²) in [5.41, 5.74) is 1.01. The van der Waals surface area contributed by atoms with Crippen molar-refractivity contribution in [2.75, 3.05) is 0 Å². The van der Waals surface area contributed by atoms with Gasteiger partial charge in [0.05, 0.1) is 5.02 Å². The Kier molecular flexibility index (Phi) is 3.77. The summed E-state index contributed by atoms with van der Waals surface area (Å²) in [6, 6.07) is 12.8. The van der Waals surface area contributed by atoms with Gasteiger partial charge < -0.3 is 9.84 Å². The highest BCUT2D eigenvalue weighted by Crippen LogP contribution is 2.38. The predicted molar refractivity (Wildman–Crippen MR) is 68.9 cm³/mol. The number of aromatic hydroxyl groups is 1. The van der Waals surface area contributed by atoms with Crippen molar-refractivity contribution in [3.8, 4) is 11.5 Å². The largest absolute Gasteiger partial charge is 0.503 e. The van der Waals surface area contributed by atoms with Gasteiger partial charge in [0.2, 0.25) is 0 Å². The van der Waals surface area contributed by atoms with E-state index in [-0.39, 0.29) is 10.8 Å². The molecule has 2 nitrogen and oxygen atoms in total. The van der Waals surface area contributed by atoms with E-state index in [1.807, 2.05) is 30.3 Å². The van der Waals surface area contributed by atoms with Gasteiger partial charge in [-0.1, -0.05) is 53.5 Å². The van der Waals surface area contributed by atoms with Crippen LogP contribution in [0.15, 0.2) is 42.5 Å². The van der Waals surface area contributed by atoms with Crippen molar-refractivity contribution in [1.29, 1.82) is 0 Å². The SMILES string of the molecule is Oc1c(OCc2ccccc2)ccc(Cl)c1Cl. The van der Waals surface area contributed by atoms with Gasteiger partial charge in [0.1, 0.15) is 11.6 Å². The van der Waals surface area contributed by atoms with Crippen LogP contribution in [0.1, 0.15) is 5.56 Å². The second-order valence-corrected chi connectivity index (χ2v) is 4.27. The lowest BCUT2D eigenvalue weighted by molar-refractivity contribution is 0.289. The van der Waals surface area contributed by atoms with Crippen LogP contribution in [0.4, 0.5) is 0 Å². The van der Waals surface area contributed by atoms with Gasteiger partial charge in [0, 0.05) is 0 Å². The Morgan fingerprint density at radius 2 is 1.71 bits per heavy atom. The molecule has 2 rings (SSSR count). The zero-order valence-electron chi connectivity index (χ0n) is 8.86. The molecule has 0 saturated carbocycles. The molecule has 0 amide bonds. The maximum atomic E-state index is 9.72. The van der Waals surface area contributed by atoms with E-state index in [0.29, 0.717) is 17.4 Å². The zero-order valence-corrected chi connectivity index (χ0v) is 10.4. The fourth-order valence-electron chi connectivity index (χ4n) is 1.37. The quantitative estimate of drug-likeness (QED) is 0.901. The fourth-order valence-corrected chi connectivity index (χ4v) is 1.68. The average molecular weight is 269 g/mol. The van der Waals surface area contributed by atoms with Crippen molar-refractivity contribution in [2.24, 2.45) is 0 Å². The van der Waals surface area contributed by atoms with Gasteiger partial charge in [0.25, 0.3) is 0 Å². The van der Waals surface area contributed by atoms with E-state index in [0.717, 1.165) is 5.56 Å². The molecule has 0 fully saturated rings. The van der Waals surface area contributed by atoms with Gasteiger partial charge in [-0.3, -0.25) is 0 Å². The Bertz CT molecular complexity index is 512. The number of halogens is 2. The first-order valence-electron chi connectivity index (χ1n) is 5.02. The van der Waals surface area contributed by atoms with Gasteiger partial charge in [-0.05, 0) is 17.7 Å². The monoisotopic (exact) mass is 268 g/mol. The number of phenols is 1. The second-order valence-electron chi connectivity index (χ2n) is 3.48. The second kappa shape index (κ2) is 5.30. The van der Waals surface area contributed by atoms with Gasteiger partial charge in [0.15, 0.2) is 11.5 Å². The fraction of sp³-hybridized carbons (Fsp3) is 0.0769. The topological polar surface area (TPSA) is 29.5 Å². The van der Waals surface area contributed by atoms with Crippen molar-refractivity contribution in [1.82, 2.24) is 0 Å². The molecule has 0 unspecified atom stereocenters. The van der Waals surface area contributed by atoms with Crippen molar-refractivity contribution in [2.45, 2.75) is 6.61 Å². The van der Waals surface area contributed by atoms with E-state index in [2.05, 4.69) is 0 Å². The molecule has 0 aliphatic rings. The molecular weight excluding hydrogens is 259 g/mol. The Hall–Kier alpha value is -1.38. The third kappa shape index (κ3) is 2.84. The molecule has 0 atom stereocenters. The molecule has 0 radical (unpaired) electrons. The normalized spacial score (nSPS) is 10.2. The van der Waals surface area contributed by atoms with E-state index >= 15 is 0 Å². The van der Waals surface area contributed by atoms with Crippen LogP contribution in [0.5, 0.6) is 11.5 Å². The number of benzene rings is 2. The minimum absolute atomic E-state index is 0.109. The summed E-state index contributed by atoms with van der Waals surface area (Å²) in [5.74, 6) is 0.193. The zero-order chi connectivity index (χ0) is 12.3. The van der Waals surface area contributed by atoms with Crippen LogP contribution in [0.25, 0.3) is 0 Å². The standard InChI is InChI=1S/C13H10Cl2O2/c14-10-6-7-11(13(16)12(10)15)17-8-9-4-2-1-3-5-9/h1-7,16H,8H2. The summed E-state index contributed by atoms with van der Waals surface area (Å²) in [6.45, 7) is 0.367. The summed E-state index contributed by atoms with van der Waals surface area (Å²) in [5, 5.41) is 10.1. The lowest BCUT2D eigenvalue weighted by Gasteiger charge is -2.09. The van der Waals surface area contributed by atoms with Gasteiger partial charge in [-0.15, -0.1) is 0 Å². The molecule has 2 aromatic carbocycles. The number of phenolic OH excluding ortho intramolecular Hbond substituents is 1. The van der Waals surface area contributed by atoms with Crippen molar-refractivity contribution < 1.29 is 9.84 Å². The summed E-state index contributed by atoms with van der Waals surface area (Å²) in [6.07, 6.45) is 0. The van der Waals surface area contributed by atoms with Gasteiger partial charge in [-0.25, -0.2) is 0 Å². The maximum absolute atomic E-state index is 9.72. The number of rotatable bonds is 3.